The molecule has 0 bridgehead atoms. The fraction of sp³-hybridized carbons (Fsp3) is 0.484. The first-order valence-electron chi connectivity index (χ1n) is 13.8. The smallest absolute Gasteiger partial charge is 0.227 e. The van der Waals surface area contributed by atoms with Gasteiger partial charge in [0.25, 0.3) is 0 Å². The summed E-state index contributed by atoms with van der Waals surface area (Å²) in [6, 6.07) is 16.6. The Morgan fingerprint density at radius 2 is 1.68 bits per heavy atom. The number of hydrogen-bond acceptors (Lipinski definition) is 3. The molecule has 2 heterocycles. The Balaban J connectivity index is 1.57. The Morgan fingerprint density at radius 3 is 2.46 bits per heavy atom. The van der Waals surface area contributed by atoms with Crippen LogP contribution in [0.3, 0.4) is 0 Å². The van der Waals surface area contributed by atoms with Crippen molar-refractivity contribution in [3.05, 3.63) is 65.9 Å². The van der Waals surface area contributed by atoms with Crippen molar-refractivity contribution in [2.75, 3.05) is 38.1 Å². The minimum absolute atomic E-state index is 0.162. The molecule has 0 saturated heterocycles. The van der Waals surface area contributed by atoms with Gasteiger partial charge in [0.05, 0.1) is 0 Å². The molecule has 3 aromatic rings. The molecule has 0 aliphatic carbocycles. The molecule has 1 aliphatic heterocycles. The largest absolute Gasteiger partial charge is 0.347 e. The number of aryl methyl sites for hydroxylation is 2. The molecule has 6 heteroatoms. The molecule has 0 atom stereocenters. The molecular formula is C31H42N4O2. The van der Waals surface area contributed by atoms with Crippen molar-refractivity contribution in [1.29, 1.82) is 0 Å². The van der Waals surface area contributed by atoms with E-state index < -0.39 is 0 Å². The summed E-state index contributed by atoms with van der Waals surface area (Å²) in [5.41, 5.74) is 4.44. The minimum atomic E-state index is 0.162. The van der Waals surface area contributed by atoms with E-state index in [0.717, 1.165) is 43.7 Å². The summed E-state index contributed by atoms with van der Waals surface area (Å²) in [6.45, 7) is 10.8. The molecule has 0 fully saturated rings. The number of anilines is 1. The molecule has 2 amide bonds. The van der Waals surface area contributed by atoms with Crippen LogP contribution >= 0.6 is 0 Å². The van der Waals surface area contributed by atoms with Gasteiger partial charge >= 0.3 is 0 Å². The molecule has 0 radical (unpaired) electrons. The van der Waals surface area contributed by atoms with Crippen molar-refractivity contribution in [2.45, 2.75) is 59.5 Å². The molecule has 2 aromatic carbocycles. The van der Waals surface area contributed by atoms with Crippen molar-refractivity contribution < 1.29 is 9.59 Å². The van der Waals surface area contributed by atoms with Crippen molar-refractivity contribution in [2.24, 2.45) is 5.92 Å². The van der Waals surface area contributed by atoms with Crippen molar-refractivity contribution in [3.8, 4) is 0 Å². The number of fused-ring (bicyclic) bond motifs is 2. The van der Waals surface area contributed by atoms with Gasteiger partial charge in [0.2, 0.25) is 11.8 Å². The maximum atomic E-state index is 13.6. The normalized spacial score (nSPS) is 15.6. The zero-order chi connectivity index (χ0) is 26.4. The number of carbonyl (C=O) groups excluding carboxylic acids is 2. The quantitative estimate of drug-likeness (QED) is 0.457. The van der Waals surface area contributed by atoms with Crippen LogP contribution in [0.2, 0.25) is 0 Å². The lowest BCUT2D eigenvalue weighted by Crippen LogP contribution is -2.37. The third-order valence-corrected chi connectivity index (χ3v) is 7.37. The van der Waals surface area contributed by atoms with Crippen LogP contribution in [0.25, 0.3) is 10.9 Å². The molecule has 4 rings (SSSR count). The number of likely N-dealkylation sites (N-methyl/N-ethyl adjacent to an activating group) is 1. The molecule has 198 valence electrons. The lowest BCUT2D eigenvalue weighted by atomic mass is 10.1. The van der Waals surface area contributed by atoms with E-state index in [2.05, 4.69) is 73.8 Å². The van der Waals surface area contributed by atoms with Gasteiger partial charge in [0, 0.05) is 68.4 Å². The average molecular weight is 503 g/mol. The summed E-state index contributed by atoms with van der Waals surface area (Å²) in [5.74, 6) is 0.627. The van der Waals surface area contributed by atoms with Crippen LogP contribution < -0.4 is 4.90 Å². The van der Waals surface area contributed by atoms with E-state index in [1.807, 2.05) is 28.0 Å². The molecule has 37 heavy (non-hydrogen) atoms. The van der Waals surface area contributed by atoms with Crippen LogP contribution in [0.1, 0.15) is 51.2 Å². The van der Waals surface area contributed by atoms with E-state index in [4.69, 9.17) is 0 Å². The number of nitrogens with zero attached hydrogens (tertiary/aromatic N) is 4. The topological polar surface area (TPSA) is 48.8 Å². The fourth-order valence-corrected chi connectivity index (χ4v) is 5.33. The first-order chi connectivity index (χ1) is 17.9. The fourth-order valence-electron chi connectivity index (χ4n) is 5.33. The highest BCUT2D eigenvalue weighted by molar-refractivity contribution is 5.94. The maximum absolute atomic E-state index is 13.6. The molecule has 1 aromatic heterocycles. The zero-order valence-corrected chi connectivity index (χ0v) is 22.9. The van der Waals surface area contributed by atoms with E-state index in [1.54, 1.807) is 0 Å². The van der Waals surface area contributed by atoms with Gasteiger partial charge in [0.1, 0.15) is 0 Å². The van der Waals surface area contributed by atoms with Gasteiger partial charge in [-0.3, -0.25) is 9.59 Å². The van der Waals surface area contributed by atoms with Crippen molar-refractivity contribution in [3.63, 3.8) is 0 Å². The predicted octanol–water partition coefficient (Wildman–Crippen LogP) is 5.34. The third-order valence-electron chi connectivity index (χ3n) is 7.37. The second-order valence-electron chi connectivity index (χ2n) is 10.7. The Bertz CT molecular complexity index is 1210. The SMILES string of the molecule is CCn1cc(CCC(=O)N2CCN(C)CCCN(C(=O)CC(C)C)c3ccccc3C2)c2ccccc21. The van der Waals surface area contributed by atoms with E-state index in [-0.39, 0.29) is 11.8 Å². The van der Waals surface area contributed by atoms with Gasteiger partial charge in [-0.25, -0.2) is 0 Å². The molecule has 0 N–H and O–H groups in total. The summed E-state index contributed by atoms with van der Waals surface area (Å²) in [5, 5.41) is 1.24. The highest BCUT2D eigenvalue weighted by Crippen LogP contribution is 2.26. The first kappa shape index (κ1) is 26.9. The van der Waals surface area contributed by atoms with Crippen LogP contribution in [0.15, 0.2) is 54.7 Å². The summed E-state index contributed by atoms with van der Waals surface area (Å²) >= 11 is 0. The highest BCUT2D eigenvalue weighted by Gasteiger charge is 2.23. The van der Waals surface area contributed by atoms with E-state index in [9.17, 15) is 9.59 Å². The number of carbonyl (C=O) groups is 2. The van der Waals surface area contributed by atoms with Crippen LogP contribution in [-0.2, 0) is 29.1 Å². The Hall–Kier alpha value is -3.12. The van der Waals surface area contributed by atoms with Crippen molar-refractivity contribution >= 4 is 28.4 Å². The number of amides is 2. The Labute approximate surface area is 221 Å². The molecule has 0 spiro atoms. The molecule has 1 aliphatic rings. The third kappa shape index (κ3) is 6.61. The van der Waals surface area contributed by atoms with Crippen LogP contribution in [0.5, 0.6) is 0 Å². The van der Waals surface area contributed by atoms with Crippen LogP contribution in [-0.4, -0.2) is 59.4 Å². The predicted molar refractivity (Wildman–Crippen MR) is 152 cm³/mol. The van der Waals surface area contributed by atoms with Gasteiger partial charge in [-0.15, -0.1) is 0 Å². The van der Waals surface area contributed by atoms with Crippen molar-refractivity contribution in [1.82, 2.24) is 14.4 Å². The lowest BCUT2D eigenvalue weighted by Gasteiger charge is -2.28. The maximum Gasteiger partial charge on any atom is 0.227 e. The average Bonchev–Trinajstić information content (AvgIpc) is 3.24. The Morgan fingerprint density at radius 1 is 0.919 bits per heavy atom. The number of aromatic nitrogens is 1. The second-order valence-corrected chi connectivity index (χ2v) is 10.7. The standard InChI is InChI=1S/C31H42N4O2/c1-5-33-22-25(27-12-7-9-14-29(27)33)15-16-30(36)34-20-19-32(4)17-10-18-35(31(37)21-24(2)3)28-13-8-6-11-26(28)23-34/h6-9,11-14,22,24H,5,10,15-21,23H2,1-4H3. The van der Waals surface area contributed by atoms with Crippen LogP contribution in [0, 0.1) is 5.92 Å². The lowest BCUT2D eigenvalue weighted by molar-refractivity contribution is -0.132. The zero-order valence-electron chi connectivity index (χ0n) is 22.9. The molecule has 0 saturated carbocycles. The number of para-hydroxylation sites is 2. The van der Waals surface area contributed by atoms with Gasteiger partial charge in [0.15, 0.2) is 0 Å². The number of rotatable bonds is 6. The minimum Gasteiger partial charge on any atom is -0.347 e. The van der Waals surface area contributed by atoms with Crippen LogP contribution in [0.4, 0.5) is 5.69 Å². The summed E-state index contributed by atoms with van der Waals surface area (Å²) in [7, 11) is 2.10. The molecule has 6 nitrogen and oxygen atoms in total. The van der Waals surface area contributed by atoms with Gasteiger partial charge in [-0.1, -0.05) is 50.2 Å². The van der Waals surface area contributed by atoms with E-state index in [1.165, 1.54) is 16.5 Å². The number of hydrogen-bond donors (Lipinski definition) is 0. The highest BCUT2D eigenvalue weighted by atomic mass is 16.2. The van der Waals surface area contributed by atoms with E-state index >= 15 is 0 Å². The summed E-state index contributed by atoms with van der Waals surface area (Å²) in [4.78, 5) is 33.1. The van der Waals surface area contributed by atoms with Gasteiger partial charge in [-0.2, -0.15) is 0 Å². The first-order valence-corrected chi connectivity index (χ1v) is 13.8. The summed E-state index contributed by atoms with van der Waals surface area (Å²) in [6.07, 6.45) is 4.83. The monoisotopic (exact) mass is 502 g/mol. The number of benzene rings is 2. The second kappa shape index (κ2) is 12.4. The van der Waals surface area contributed by atoms with E-state index in [0.29, 0.717) is 38.4 Å². The van der Waals surface area contributed by atoms with Gasteiger partial charge in [-0.05, 0) is 62.5 Å². The molecular weight excluding hydrogens is 460 g/mol. The Kier molecular flexibility index (Phi) is 9.04. The molecule has 0 unspecified atom stereocenters. The van der Waals surface area contributed by atoms with Gasteiger partial charge < -0.3 is 19.3 Å². The summed E-state index contributed by atoms with van der Waals surface area (Å²) < 4.78 is 2.26.